The van der Waals surface area contributed by atoms with Gasteiger partial charge in [-0.2, -0.15) is 0 Å². The highest BCUT2D eigenvalue weighted by atomic mass is 35.5. The van der Waals surface area contributed by atoms with Gasteiger partial charge in [0.15, 0.2) is 0 Å². The summed E-state index contributed by atoms with van der Waals surface area (Å²) in [6, 6.07) is 15.3. The van der Waals surface area contributed by atoms with E-state index < -0.39 is 0 Å². The van der Waals surface area contributed by atoms with Crippen LogP contribution < -0.4 is 0 Å². The fourth-order valence-electron chi connectivity index (χ4n) is 2.97. The summed E-state index contributed by atoms with van der Waals surface area (Å²) in [5.41, 5.74) is 5.12. The maximum absolute atomic E-state index is 5.99. The first-order valence-electron chi connectivity index (χ1n) is 7.54. The average Bonchev–Trinajstić information content (AvgIpc) is 2.85. The largest absolute Gasteiger partial charge is 0.341 e. The van der Waals surface area contributed by atoms with Gasteiger partial charge in [0.2, 0.25) is 0 Å². The smallest absolute Gasteiger partial charge is 0.0491 e. The first-order chi connectivity index (χ1) is 10.3. The number of allylic oxidation sites excluding steroid dienone is 1. The number of rotatable bonds is 4. The van der Waals surface area contributed by atoms with Gasteiger partial charge in [0, 0.05) is 34.2 Å². The minimum atomic E-state index is 0.602. The molecule has 0 bridgehead atoms. The van der Waals surface area contributed by atoms with Gasteiger partial charge in [0.05, 0.1) is 0 Å². The van der Waals surface area contributed by atoms with E-state index in [4.69, 9.17) is 11.6 Å². The normalized spacial score (nSPS) is 12.4. The van der Waals surface area contributed by atoms with Gasteiger partial charge in [0.25, 0.3) is 0 Å². The number of hydrogen-bond acceptors (Lipinski definition) is 0. The Balaban J connectivity index is 2.26. The highest BCUT2D eigenvalue weighted by molar-refractivity contribution is 6.19. The lowest BCUT2D eigenvalue weighted by molar-refractivity contribution is 0.827. The molecule has 1 aromatic heterocycles. The summed E-state index contributed by atoms with van der Waals surface area (Å²) in [7, 11) is 0. The van der Waals surface area contributed by atoms with Crippen LogP contribution in [0.4, 0.5) is 0 Å². The number of halogens is 1. The summed E-state index contributed by atoms with van der Waals surface area (Å²) in [6.07, 6.45) is 3.21. The Labute approximate surface area is 130 Å². The summed E-state index contributed by atoms with van der Waals surface area (Å²) in [5.74, 6) is 0.602. The molecule has 3 aromatic rings. The molecule has 0 amide bonds. The molecule has 1 nitrogen and oxygen atoms in total. The van der Waals surface area contributed by atoms with E-state index in [9.17, 15) is 0 Å². The molecule has 21 heavy (non-hydrogen) atoms. The van der Waals surface area contributed by atoms with Crippen molar-refractivity contribution in [2.24, 2.45) is 0 Å². The summed E-state index contributed by atoms with van der Waals surface area (Å²) < 4.78 is 2.38. The van der Waals surface area contributed by atoms with Gasteiger partial charge in [0.1, 0.15) is 0 Å². The third-order valence-electron chi connectivity index (χ3n) is 4.11. The monoisotopic (exact) mass is 297 g/mol. The van der Waals surface area contributed by atoms with Gasteiger partial charge < -0.3 is 4.57 Å². The maximum atomic E-state index is 5.99. The van der Waals surface area contributed by atoms with Crippen LogP contribution in [0.2, 0.25) is 0 Å². The van der Waals surface area contributed by atoms with E-state index in [0.29, 0.717) is 5.88 Å². The molecule has 0 saturated carbocycles. The van der Waals surface area contributed by atoms with Crippen LogP contribution in [-0.4, -0.2) is 10.4 Å². The zero-order chi connectivity index (χ0) is 14.8. The number of aromatic nitrogens is 1. The molecule has 108 valence electrons. The fourth-order valence-corrected chi connectivity index (χ4v) is 3.24. The van der Waals surface area contributed by atoms with Crippen molar-refractivity contribution in [3.63, 3.8) is 0 Å². The Morgan fingerprint density at radius 2 is 1.81 bits per heavy atom. The minimum Gasteiger partial charge on any atom is -0.341 e. The third kappa shape index (κ3) is 2.47. The van der Waals surface area contributed by atoms with Crippen LogP contribution in [-0.2, 0) is 6.54 Å². The van der Waals surface area contributed by atoms with Crippen LogP contribution >= 0.6 is 11.6 Å². The third-order valence-corrected chi connectivity index (χ3v) is 4.45. The molecular weight excluding hydrogens is 278 g/mol. The van der Waals surface area contributed by atoms with Crippen molar-refractivity contribution in [1.29, 1.82) is 0 Å². The molecule has 0 spiro atoms. The van der Waals surface area contributed by atoms with E-state index in [1.165, 1.54) is 32.9 Å². The van der Waals surface area contributed by atoms with Crippen molar-refractivity contribution in [3.05, 3.63) is 53.6 Å². The van der Waals surface area contributed by atoms with E-state index in [2.05, 4.69) is 67.0 Å². The van der Waals surface area contributed by atoms with Crippen molar-refractivity contribution < 1.29 is 0 Å². The molecule has 0 atom stereocenters. The molecule has 0 aliphatic carbocycles. The van der Waals surface area contributed by atoms with Gasteiger partial charge in [-0.05, 0) is 37.1 Å². The van der Waals surface area contributed by atoms with Crippen LogP contribution in [0.15, 0.2) is 48.0 Å². The molecule has 0 fully saturated rings. The Morgan fingerprint density at radius 3 is 2.52 bits per heavy atom. The maximum Gasteiger partial charge on any atom is 0.0491 e. The number of fused-ring (bicyclic) bond motifs is 3. The van der Waals surface area contributed by atoms with E-state index >= 15 is 0 Å². The van der Waals surface area contributed by atoms with Crippen LogP contribution in [0, 0.1) is 0 Å². The van der Waals surface area contributed by atoms with Crippen LogP contribution in [0.1, 0.15) is 25.8 Å². The second-order valence-corrected chi connectivity index (χ2v) is 5.60. The Hall–Kier alpha value is -1.73. The molecule has 0 aliphatic heterocycles. The molecule has 1 heterocycles. The average molecular weight is 298 g/mol. The Bertz CT molecular complexity index is 805. The van der Waals surface area contributed by atoms with Crippen molar-refractivity contribution in [3.8, 4) is 0 Å². The molecule has 3 rings (SSSR count). The standard InChI is InChI=1S/C19H20ClN/c1-3-14(13-20)11-15-9-10-19-17(12-15)16-7-5-6-8-18(16)21(19)4-2/h5-12H,3-4,13H2,1-2H3. The highest BCUT2D eigenvalue weighted by Crippen LogP contribution is 2.30. The highest BCUT2D eigenvalue weighted by Gasteiger charge is 2.09. The van der Waals surface area contributed by atoms with Gasteiger partial charge in [-0.25, -0.2) is 0 Å². The molecule has 0 radical (unpaired) electrons. The zero-order valence-electron chi connectivity index (χ0n) is 12.6. The molecule has 0 aliphatic rings. The Kier molecular flexibility index (Phi) is 4.03. The van der Waals surface area contributed by atoms with Crippen LogP contribution in [0.25, 0.3) is 27.9 Å². The van der Waals surface area contributed by atoms with Gasteiger partial charge in [-0.15, -0.1) is 11.6 Å². The lowest BCUT2D eigenvalue weighted by atomic mass is 10.1. The van der Waals surface area contributed by atoms with Crippen LogP contribution in [0.3, 0.4) is 0 Å². The molecular formula is C19H20ClN. The molecule has 2 aromatic carbocycles. The molecule has 0 unspecified atom stereocenters. The molecule has 2 heteroatoms. The lowest BCUT2D eigenvalue weighted by Gasteiger charge is -2.03. The Morgan fingerprint density at radius 1 is 1.05 bits per heavy atom. The first kappa shape index (κ1) is 14.2. The van der Waals surface area contributed by atoms with Crippen molar-refractivity contribution >= 4 is 39.5 Å². The van der Waals surface area contributed by atoms with E-state index in [-0.39, 0.29) is 0 Å². The van der Waals surface area contributed by atoms with Gasteiger partial charge in [-0.1, -0.05) is 42.8 Å². The van der Waals surface area contributed by atoms with Gasteiger partial charge >= 0.3 is 0 Å². The lowest BCUT2D eigenvalue weighted by Crippen LogP contribution is -1.92. The van der Waals surface area contributed by atoms with Crippen molar-refractivity contribution in [2.75, 3.05) is 5.88 Å². The topological polar surface area (TPSA) is 4.93 Å². The first-order valence-corrected chi connectivity index (χ1v) is 8.08. The SMILES string of the molecule is CCC(=Cc1ccc2c(c1)c1ccccc1n2CC)CCl. The van der Waals surface area contributed by atoms with Crippen molar-refractivity contribution in [1.82, 2.24) is 4.57 Å². The van der Waals surface area contributed by atoms with E-state index in [1.807, 2.05) is 0 Å². The van der Waals surface area contributed by atoms with Crippen LogP contribution in [0.5, 0.6) is 0 Å². The van der Waals surface area contributed by atoms with Gasteiger partial charge in [-0.3, -0.25) is 0 Å². The number of hydrogen-bond donors (Lipinski definition) is 0. The number of para-hydroxylation sites is 1. The summed E-state index contributed by atoms with van der Waals surface area (Å²) >= 11 is 5.99. The predicted octanol–water partition coefficient (Wildman–Crippen LogP) is 5.85. The second kappa shape index (κ2) is 5.95. The molecule has 0 N–H and O–H groups in total. The summed E-state index contributed by atoms with van der Waals surface area (Å²) in [4.78, 5) is 0. The number of nitrogens with zero attached hydrogens (tertiary/aromatic N) is 1. The zero-order valence-corrected chi connectivity index (χ0v) is 13.3. The predicted molar refractivity (Wildman–Crippen MR) is 94.1 cm³/mol. The number of benzene rings is 2. The van der Waals surface area contributed by atoms with Crippen molar-refractivity contribution in [2.45, 2.75) is 26.8 Å². The second-order valence-electron chi connectivity index (χ2n) is 5.33. The van der Waals surface area contributed by atoms with E-state index in [0.717, 1.165) is 13.0 Å². The summed E-state index contributed by atoms with van der Waals surface area (Å²) in [5, 5.41) is 2.65. The van der Waals surface area contributed by atoms with E-state index in [1.54, 1.807) is 0 Å². The number of alkyl halides is 1. The quantitative estimate of drug-likeness (QED) is 0.533. The molecule has 0 saturated heterocycles. The fraction of sp³-hybridized carbons (Fsp3) is 0.263. The number of aryl methyl sites for hydroxylation is 1. The minimum absolute atomic E-state index is 0.602. The summed E-state index contributed by atoms with van der Waals surface area (Å²) in [6.45, 7) is 5.33.